The second-order valence-corrected chi connectivity index (χ2v) is 7.10. The van der Waals surface area contributed by atoms with Crippen molar-refractivity contribution in [2.75, 3.05) is 5.75 Å². The molecule has 0 fully saturated rings. The van der Waals surface area contributed by atoms with Crippen LogP contribution in [-0.2, 0) is 9.59 Å². The molecule has 0 unspecified atom stereocenters. The average molecular weight is 362 g/mol. The highest BCUT2D eigenvalue weighted by atomic mass is 32.2. The average Bonchev–Trinajstić information content (AvgIpc) is 3.12. The molecule has 0 spiro atoms. The van der Waals surface area contributed by atoms with Gasteiger partial charge in [0.1, 0.15) is 0 Å². The van der Waals surface area contributed by atoms with E-state index in [-0.39, 0.29) is 36.2 Å². The Morgan fingerprint density at radius 3 is 2.38 bits per heavy atom. The van der Waals surface area contributed by atoms with Gasteiger partial charge in [-0.3, -0.25) is 25.2 Å². The number of nitrogens with one attached hydrogen (secondary N) is 2. The molecule has 0 aliphatic heterocycles. The molecule has 5 nitrogen and oxygen atoms in total. The molecular weight excluding hydrogens is 344 g/mol. The van der Waals surface area contributed by atoms with E-state index in [1.54, 1.807) is 12.1 Å². The van der Waals surface area contributed by atoms with Crippen molar-refractivity contribution < 1.29 is 14.4 Å². The van der Waals surface area contributed by atoms with E-state index in [1.807, 2.05) is 36.6 Å². The first kappa shape index (κ1) is 18.2. The lowest BCUT2D eigenvalue weighted by molar-refractivity contribution is -0.127. The zero-order chi connectivity index (χ0) is 17.4. The van der Waals surface area contributed by atoms with E-state index in [0.29, 0.717) is 4.88 Å². The Bertz CT molecular complexity index is 697. The first-order chi connectivity index (χ1) is 11.5. The highest BCUT2D eigenvalue weighted by Crippen LogP contribution is 2.17. The third-order valence-corrected chi connectivity index (χ3v) is 5.03. The van der Waals surface area contributed by atoms with Crippen molar-refractivity contribution >= 4 is 40.7 Å². The zero-order valence-electron chi connectivity index (χ0n) is 13.2. The summed E-state index contributed by atoms with van der Waals surface area (Å²) in [7, 11) is 0. The Morgan fingerprint density at radius 1 is 1.00 bits per heavy atom. The molecule has 2 amide bonds. The van der Waals surface area contributed by atoms with Crippen LogP contribution in [0.15, 0.2) is 46.7 Å². The molecule has 2 N–H and O–H groups in total. The first-order valence-electron chi connectivity index (χ1n) is 7.38. The lowest BCUT2D eigenvalue weighted by atomic mass is 10.2. The number of carbonyl (C=O) groups excluding carboxylic acids is 3. The number of thioether (sulfide) groups is 1. The van der Waals surface area contributed by atoms with E-state index in [4.69, 9.17) is 0 Å². The van der Waals surface area contributed by atoms with Gasteiger partial charge in [-0.25, -0.2) is 0 Å². The molecule has 0 radical (unpaired) electrons. The molecule has 0 aliphatic carbocycles. The second kappa shape index (κ2) is 9.24. The van der Waals surface area contributed by atoms with Gasteiger partial charge in [0.2, 0.25) is 11.8 Å². The van der Waals surface area contributed by atoms with Crippen LogP contribution in [0.25, 0.3) is 0 Å². The Balaban J connectivity index is 1.63. The van der Waals surface area contributed by atoms with Gasteiger partial charge in [-0.1, -0.05) is 23.8 Å². The first-order valence-corrected chi connectivity index (χ1v) is 9.25. The summed E-state index contributed by atoms with van der Waals surface area (Å²) in [4.78, 5) is 36.8. The summed E-state index contributed by atoms with van der Waals surface area (Å²) >= 11 is 2.74. The monoisotopic (exact) mass is 362 g/mol. The van der Waals surface area contributed by atoms with Gasteiger partial charge in [0.05, 0.1) is 10.6 Å². The van der Waals surface area contributed by atoms with E-state index in [0.717, 1.165) is 10.5 Å². The van der Waals surface area contributed by atoms with Crippen LogP contribution >= 0.6 is 23.1 Å². The smallest absolute Gasteiger partial charge is 0.248 e. The van der Waals surface area contributed by atoms with Crippen LogP contribution in [0.4, 0.5) is 0 Å². The van der Waals surface area contributed by atoms with Gasteiger partial charge < -0.3 is 0 Å². The molecule has 0 atom stereocenters. The third kappa shape index (κ3) is 6.17. The molecule has 0 saturated heterocycles. The Labute approximate surface area is 148 Å². The van der Waals surface area contributed by atoms with Gasteiger partial charge in [0.25, 0.3) is 0 Å². The molecule has 1 heterocycles. The molecule has 0 bridgehead atoms. The van der Waals surface area contributed by atoms with Gasteiger partial charge in [-0.15, -0.1) is 23.1 Å². The van der Waals surface area contributed by atoms with Gasteiger partial charge in [-0.05, 0) is 30.5 Å². The molecule has 0 aliphatic rings. The maximum absolute atomic E-state index is 11.8. The van der Waals surface area contributed by atoms with Crippen LogP contribution in [0.3, 0.4) is 0 Å². The molecule has 24 heavy (non-hydrogen) atoms. The number of benzene rings is 1. The number of carbonyl (C=O) groups is 3. The van der Waals surface area contributed by atoms with Gasteiger partial charge >= 0.3 is 0 Å². The highest BCUT2D eigenvalue weighted by molar-refractivity contribution is 8.00. The molecule has 1 aromatic carbocycles. The molecule has 1 aromatic heterocycles. The van der Waals surface area contributed by atoms with Crippen molar-refractivity contribution in [1.29, 1.82) is 0 Å². The number of hydrogen-bond donors (Lipinski definition) is 2. The normalized spacial score (nSPS) is 10.2. The van der Waals surface area contributed by atoms with Gasteiger partial charge in [0.15, 0.2) is 5.78 Å². The number of hydrogen-bond acceptors (Lipinski definition) is 5. The fourth-order valence-electron chi connectivity index (χ4n) is 1.81. The standard InChI is InChI=1S/C17H18N2O3S2/c1-12-4-6-13(7-5-12)24-11-17(22)19-18-16(21)9-8-14(20)15-3-2-10-23-15/h2-7,10H,8-9,11H2,1H3,(H,18,21)(H,19,22). The SMILES string of the molecule is Cc1ccc(SCC(=O)NNC(=O)CCC(=O)c2cccs2)cc1. The minimum absolute atomic E-state index is 0.0438. The summed E-state index contributed by atoms with van der Waals surface area (Å²) in [5.41, 5.74) is 5.84. The van der Waals surface area contributed by atoms with Crippen molar-refractivity contribution in [2.45, 2.75) is 24.7 Å². The summed E-state index contributed by atoms with van der Waals surface area (Å²) < 4.78 is 0. The maximum Gasteiger partial charge on any atom is 0.248 e. The molecule has 126 valence electrons. The number of amides is 2. The Kier molecular flexibility index (Phi) is 7.02. The van der Waals surface area contributed by atoms with E-state index >= 15 is 0 Å². The summed E-state index contributed by atoms with van der Waals surface area (Å²) in [6.07, 6.45) is 0.169. The number of Topliss-reactive ketones (excluding diaryl/α,β-unsaturated/α-hetero) is 1. The minimum atomic E-state index is -0.381. The number of ketones is 1. The highest BCUT2D eigenvalue weighted by Gasteiger charge is 2.11. The summed E-state index contributed by atoms with van der Waals surface area (Å²) in [6, 6.07) is 11.4. The number of rotatable bonds is 7. The summed E-state index contributed by atoms with van der Waals surface area (Å²) in [5, 5.41) is 1.82. The molecule has 2 rings (SSSR count). The van der Waals surface area contributed by atoms with Crippen LogP contribution in [0.1, 0.15) is 28.1 Å². The van der Waals surface area contributed by atoms with E-state index in [9.17, 15) is 14.4 Å². The quantitative estimate of drug-likeness (QED) is 0.451. The van der Waals surface area contributed by atoms with Crippen LogP contribution in [-0.4, -0.2) is 23.4 Å². The Morgan fingerprint density at radius 2 is 1.71 bits per heavy atom. The topological polar surface area (TPSA) is 75.3 Å². The van der Waals surface area contributed by atoms with Crippen molar-refractivity contribution in [3.05, 3.63) is 52.2 Å². The fraction of sp³-hybridized carbons (Fsp3) is 0.235. The van der Waals surface area contributed by atoms with E-state index < -0.39 is 0 Å². The summed E-state index contributed by atoms with van der Waals surface area (Å²) in [6.45, 7) is 2.00. The third-order valence-electron chi connectivity index (χ3n) is 3.11. The maximum atomic E-state index is 11.8. The van der Waals surface area contributed by atoms with Gasteiger partial charge in [0, 0.05) is 17.7 Å². The van der Waals surface area contributed by atoms with Gasteiger partial charge in [-0.2, -0.15) is 0 Å². The lowest BCUT2D eigenvalue weighted by Gasteiger charge is -2.07. The number of hydrazine groups is 1. The predicted octanol–water partition coefficient (Wildman–Crippen LogP) is 2.96. The molecule has 7 heteroatoms. The predicted molar refractivity (Wildman–Crippen MR) is 96.1 cm³/mol. The summed E-state index contributed by atoms with van der Waals surface area (Å²) in [5.74, 6) is -0.536. The second-order valence-electron chi connectivity index (χ2n) is 5.10. The minimum Gasteiger partial charge on any atom is -0.293 e. The van der Waals surface area contributed by atoms with Crippen LogP contribution < -0.4 is 10.9 Å². The van der Waals surface area contributed by atoms with Crippen molar-refractivity contribution in [3.63, 3.8) is 0 Å². The van der Waals surface area contributed by atoms with Crippen LogP contribution in [0, 0.1) is 6.92 Å². The van der Waals surface area contributed by atoms with Crippen molar-refractivity contribution in [3.8, 4) is 0 Å². The van der Waals surface area contributed by atoms with Crippen molar-refractivity contribution in [2.24, 2.45) is 0 Å². The number of thiophene rings is 1. The van der Waals surface area contributed by atoms with Crippen LogP contribution in [0.5, 0.6) is 0 Å². The van der Waals surface area contributed by atoms with Crippen LogP contribution in [0.2, 0.25) is 0 Å². The largest absolute Gasteiger partial charge is 0.293 e. The number of aryl methyl sites for hydroxylation is 1. The van der Waals surface area contributed by atoms with E-state index in [1.165, 1.54) is 23.1 Å². The molecule has 2 aromatic rings. The zero-order valence-corrected chi connectivity index (χ0v) is 14.8. The fourth-order valence-corrected chi connectivity index (χ4v) is 3.20. The van der Waals surface area contributed by atoms with Crippen molar-refractivity contribution in [1.82, 2.24) is 10.9 Å². The molecular formula is C17H18N2O3S2. The Hall–Kier alpha value is -2.12. The lowest BCUT2D eigenvalue weighted by Crippen LogP contribution is -2.42. The molecule has 0 saturated carbocycles. The van der Waals surface area contributed by atoms with E-state index in [2.05, 4.69) is 10.9 Å².